The summed E-state index contributed by atoms with van der Waals surface area (Å²) in [4.78, 5) is 12.6. The summed E-state index contributed by atoms with van der Waals surface area (Å²) in [6.45, 7) is 6.42. The summed E-state index contributed by atoms with van der Waals surface area (Å²) in [5.74, 6) is 1.11. The molecule has 0 aliphatic carbocycles. The predicted molar refractivity (Wildman–Crippen MR) is 84.9 cm³/mol. The predicted octanol–water partition coefficient (Wildman–Crippen LogP) is 5.04. The summed E-state index contributed by atoms with van der Waals surface area (Å²) in [6.07, 6.45) is 0. The molecule has 0 radical (unpaired) electrons. The molecule has 0 spiro atoms. The van der Waals surface area contributed by atoms with E-state index in [0.717, 1.165) is 5.76 Å². The average molecular weight is 304 g/mol. The standard InChI is InChI=1S/C17H20O3S/c1-11(2)13-5-7-14(8-6-13)21-12(3)15-9-10-16(20-15)17(18)19-4/h5-12H,1-4H3. The third kappa shape index (κ3) is 3.91. The van der Waals surface area contributed by atoms with Crippen LogP contribution in [0.15, 0.2) is 45.7 Å². The second-order valence-corrected chi connectivity index (χ2v) is 6.59. The van der Waals surface area contributed by atoms with Crippen LogP contribution in [0, 0.1) is 0 Å². The maximum absolute atomic E-state index is 11.4. The van der Waals surface area contributed by atoms with Gasteiger partial charge in [-0.1, -0.05) is 26.0 Å². The number of ether oxygens (including phenoxy) is 1. The number of hydrogen-bond donors (Lipinski definition) is 0. The van der Waals surface area contributed by atoms with Crippen molar-refractivity contribution >= 4 is 17.7 Å². The number of carbonyl (C=O) groups excluding carboxylic acids is 1. The normalized spacial score (nSPS) is 12.4. The molecule has 0 saturated carbocycles. The SMILES string of the molecule is COC(=O)c1ccc(C(C)Sc2ccc(C(C)C)cc2)o1. The van der Waals surface area contributed by atoms with E-state index in [9.17, 15) is 4.79 Å². The molecule has 2 rings (SSSR count). The van der Waals surface area contributed by atoms with E-state index in [0.29, 0.717) is 5.92 Å². The molecule has 0 amide bonds. The van der Waals surface area contributed by atoms with E-state index in [1.807, 2.05) is 6.07 Å². The minimum atomic E-state index is -0.445. The maximum Gasteiger partial charge on any atom is 0.373 e. The highest BCUT2D eigenvalue weighted by atomic mass is 32.2. The molecule has 112 valence electrons. The second-order valence-electron chi connectivity index (χ2n) is 5.18. The van der Waals surface area contributed by atoms with Gasteiger partial charge in [-0.05, 0) is 42.7 Å². The lowest BCUT2D eigenvalue weighted by Gasteiger charge is -2.10. The van der Waals surface area contributed by atoms with E-state index in [1.54, 1.807) is 17.8 Å². The smallest absolute Gasteiger partial charge is 0.373 e. The maximum atomic E-state index is 11.4. The molecule has 1 heterocycles. The van der Waals surface area contributed by atoms with E-state index >= 15 is 0 Å². The largest absolute Gasteiger partial charge is 0.463 e. The number of methoxy groups -OCH3 is 1. The number of thioether (sulfide) groups is 1. The fourth-order valence-corrected chi connectivity index (χ4v) is 2.92. The third-order valence-electron chi connectivity index (χ3n) is 3.27. The Morgan fingerprint density at radius 2 is 1.76 bits per heavy atom. The Hall–Kier alpha value is -1.68. The van der Waals surface area contributed by atoms with E-state index in [4.69, 9.17) is 4.42 Å². The van der Waals surface area contributed by atoms with Gasteiger partial charge in [-0.15, -0.1) is 11.8 Å². The lowest BCUT2D eigenvalue weighted by atomic mass is 10.0. The summed E-state index contributed by atoms with van der Waals surface area (Å²) in [6, 6.07) is 12.0. The van der Waals surface area contributed by atoms with Crippen molar-refractivity contribution in [1.82, 2.24) is 0 Å². The van der Waals surface area contributed by atoms with Crippen LogP contribution in [-0.4, -0.2) is 13.1 Å². The van der Waals surface area contributed by atoms with E-state index in [1.165, 1.54) is 17.6 Å². The van der Waals surface area contributed by atoms with Gasteiger partial charge in [0.25, 0.3) is 0 Å². The van der Waals surface area contributed by atoms with Crippen LogP contribution in [0.3, 0.4) is 0 Å². The minimum absolute atomic E-state index is 0.133. The summed E-state index contributed by atoms with van der Waals surface area (Å²) < 4.78 is 10.2. The van der Waals surface area contributed by atoms with Gasteiger partial charge < -0.3 is 9.15 Å². The number of carbonyl (C=O) groups is 1. The number of furan rings is 1. The van der Waals surface area contributed by atoms with Crippen LogP contribution in [0.4, 0.5) is 0 Å². The summed E-state index contributed by atoms with van der Waals surface area (Å²) in [7, 11) is 1.35. The molecule has 0 aliphatic rings. The highest BCUT2D eigenvalue weighted by Gasteiger charge is 2.16. The molecule has 3 nitrogen and oxygen atoms in total. The Morgan fingerprint density at radius 1 is 1.10 bits per heavy atom. The Balaban J connectivity index is 2.05. The molecule has 2 aromatic rings. The Labute approximate surface area is 129 Å². The van der Waals surface area contributed by atoms with Crippen LogP contribution in [0.1, 0.15) is 53.8 Å². The van der Waals surface area contributed by atoms with Crippen molar-refractivity contribution in [3.05, 3.63) is 53.5 Å². The van der Waals surface area contributed by atoms with Gasteiger partial charge in [0.1, 0.15) is 5.76 Å². The van der Waals surface area contributed by atoms with Gasteiger partial charge in [-0.2, -0.15) is 0 Å². The highest BCUT2D eigenvalue weighted by molar-refractivity contribution is 7.99. The molecule has 0 saturated heterocycles. The molecule has 0 fully saturated rings. The zero-order chi connectivity index (χ0) is 15.4. The van der Waals surface area contributed by atoms with Crippen molar-refractivity contribution in [2.75, 3.05) is 7.11 Å². The lowest BCUT2D eigenvalue weighted by molar-refractivity contribution is 0.0563. The Bertz CT molecular complexity index is 599. The highest BCUT2D eigenvalue weighted by Crippen LogP contribution is 2.36. The average Bonchev–Trinajstić information content (AvgIpc) is 2.97. The molecular weight excluding hydrogens is 284 g/mol. The summed E-state index contributed by atoms with van der Waals surface area (Å²) >= 11 is 1.70. The van der Waals surface area contributed by atoms with Crippen LogP contribution < -0.4 is 0 Å². The number of esters is 1. The first kappa shape index (κ1) is 15.7. The van der Waals surface area contributed by atoms with E-state index in [-0.39, 0.29) is 11.0 Å². The third-order valence-corrected chi connectivity index (χ3v) is 4.40. The molecule has 0 N–H and O–H groups in total. The van der Waals surface area contributed by atoms with Gasteiger partial charge >= 0.3 is 5.97 Å². The molecule has 1 atom stereocenters. The summed E-state index contributed by atoms with van der Waals surface area (Å²) in [5.41, 5.74) is 1.33. The zero-order valence-corrected chi connectivity index (χ0v) is 13.6. The van der Waals surface area contributed by atoms with Gasteiger partial charge in [0.05, 0.1) is 12.4 Å². The van der Waals surface area contributed by atoms with Crippen molar-refractivity contribution in [3.8, 4) is 0 Å². The van der Waals surface area contributed by atoms with Crippen LogP contribution >= 0.6 is 11.8 Å². The molecule has 1 aromatic carbocycles. The topological polar surface area (TPSA) is 39.4 Å². The second kappa shape index (κ2) is 6.85. The molecule has 4 heteroatoms. The van der Waals surface area contributed by atoms with Crippen molar-refractivity contribution in [2.24, 2.45) is 0 Å². The van der Waals surface area contributed by atoms with Gasteiger partial charge in [0.2, 0.25) is 5.76 Å². The fraction of sp³-hybridized carbons (Fsp3) is 0.353. The van der Waals surface area contributed by atoms with Crippen molar-refractivity contribution < 1.29 is 13.9 Å². The molecule has 1 unspecified atom stereocenters. The quantitative estimate of drug-likeness (QED) is 0.573. The Morgan fingerprint density at radius 3 is 2.33 bits per heavy atom. The zero-order valence-electron chi connectivity index (χ0n) is 12.8. The fourth-order valence-electron chi connectivity index (χ4n) is 1.98. The lowest BCUT2D eigenvalue weighted by Crippen LogP contribution is -1.98. The van der Waals surface area contributed by atoms with E-state index < -0.39 is 5.97 Å². The molecule has 0 bridgehead atoms. The molecule has 0 aliphatic heterocycles. The summed E-state index contributed by atoms with van der Waals surface area (Å²) in [5, 5.41) is 0.133. The molecule has 21 heavy (non-hydrogen) atoms. The monoisotopic (exact) mass is 304 g/mol. The Kier molecular flexibility index (Phi) is 5.12. The first-order valence-corrected chi connectivity index (χ1v) is 7.84. The van der Waals surface area contributed by atoms with Crippen molar-refractivity contribution in [1.29, 1.82) is 0 Å². The first-order valence-electron chi connectivity index (χ1n) is 6.96. The van der Waals surface area contributed by atoms with Crippen LogP contribution in [-0.2, 0) is 4.74 Å². The number of hydrogen-bond acceptors (Lipinski definition) is 4. The van der Waals surface area contributed by atoms with Gasteiger partial charge in [0, 0.05) is 4.90 Å². The van der Waals surface area contributed by atoms with Gasteiger partial charge in [-0.3, -0.25) is 0 Å². The van der Waals surface area contributed by atoms with Crippen LogP contribution in [0.2, 0.25) is 0 Å². The van der Waals surface area contributed by atoms with Crippen LogP contribution in [0.25, 0.3) is 0 Å². The van der Waals surface area contributed by atoms with E-state index in [2.05, 4.69) is 49.8 Å². The van der Waals surface area contributed by atoms with Gasteiger partial charge in [-0.25, -0.2) is 4.79 Å². The minimum Gasteiger partial charge on any atom is -0.463 e. The van der Waals surface area contributed by atoms with Crippen molar-refractivity contribution in [3.63, 3.8) is 0 Å². The van der Waals surface area contributed by atoms with Gasteiger partial charge in [0.15, 0.2) is 0 Å². The van der Waals surface area contributed by atoms with Crippen LogP contribution in [0.5, 0.6) is 0 Å². The number of rotatable bonds is 5. The first-order chi connectivity index (χ1) is 10.0. The number of benzene rings is 1. The molecular formula is C17H20O3S. The molecule has 1 aromatic heterocycles. The van der Waals surface area contributed by atoms with Crippen molar-refractivity contribution in [2.45, 2.75) is 36.8 Å².